The Kier molecular flexibility index (Phi) is 3.65. The summed E-state index contributed by atoms with van der Waals surface area (Å²) in [5, 5.41) is 10.2. The van der Waals surface area contributed by atoms with Crippen LogP contribution in [0.15, 0.2) is 0 Å². The predicted molar refractivity (Wildman–Crippen MR) is 48.5 cm³/mol. The fraction of sp³-hybridized carbons (Fsp3) is 0.667. The van der Waals surface area contributed by atoms with Crippen LogP contribution in [0.2, 0.25) is 0 Å². The smallest absolute Gasteiger partial charge is 0.228 e. The summed E-state index contributed by atoms with van der Waals surface area (Å²) in [5.74, 6) is -1.84. The minimum absolute atomic E-state index is 0.0259. The van der Waals surface area contributed by atoms with Crippen molar-refractivity contribution in [2.75, 3.05) is 26.2 Å². The Labute approximate surface area is 87.5 Å². The van der Waals surface area contributed by atoms with Gasteiger partial charge in [0.15, 0.2) is 0 Å². The molecule has 0 saturated carbocycles. The van der Waals surface area contributed by atoms with E-state index in [0.29, 0.717) is 26.2 Å². The van der Waals surface area contributed by atoms with Gasteiger partial charge in [-0.3, -0.25) is 9.59 Å². The molecular weight excluding hydrogens is 200 g/mol. The fourth-order valence-electron chi connectivity index (χ4n) is 1.51. The van der Waals surface area contributed by atoms with E-state index in [1.54, 1.807) is 4.90 Å². The zero-order valence-corrected chi connectivity index (χ0v) is 8.56. The maximum absolute atomic E-state index is 11.3. The lowest BCUT2D eigenvalue weighted by Gasteiger charge is -2.34. The molecule has 6 nitrogen and oxygen atoms in total. The van der Waals surface area contributed by atoms with E-state index in [1.807, 2.05) is 0 Å². The Balaban J connectivity index is 2.40. The number of amides is 2. The van der Waals surface area contributed by atoms with Crippen LogP contribution in [0.4, 0.5) is 0 Å². The van der Waals surface area contributed by atoms with E-state index in [2.05, 4.69) is 0 Å². The Hall–Kier alpha value is -1.59. The molecule has 15 heavy (non-hydrogen) atoms. The summed E-state index contributed by atoms with van der Waals surface area (Å²) in [6, 6.07) is 0. The molecule has 0 atom stereocenters. The number of nitrogens with zero attached hydrogens (tertiary/aromatic N) is 2. The minimum atomic E-state index is -1.37. The van der Waals surface area contributed by atoms with Gasteiger partial charge in [-0.2, -0.15) is 0 Å². The molecule has 1 heterocycles. The van der Waals surface area contributed by atoms with Gasteiger partial charge in [0.2, 0.25) is 11.8 Å². The van der Waals surface area contributed by atoms with E-state index in [4.69, 9.17) is 0 Å². The highest BCUT2D eigenvalue weighted by Crippen LogP contribution is 2.03. The molecule has 1 fully saturated rings. The van der Waals surface area contributed by atoms with E-state index < -0.39 is 18.3 Å². The Morgan fingerprint density at radius 2 is 1.53 bits per heavy atom. The van der Waals surface area contributed by atoms with Crippen LogP contribution in [-0.4, -0.2) is 53.8 Å². The van der Waals surface area contributed by atoms with E-state index in [9.17, 15) is 19.5 Å². The summed E-state index contributed by atoms with van der Waals surface area (Å²) in [6.07, 6.45) is -0.583. The van der Waals surface area contributed by atoms with Crippen LogP contribution in [0.3, 0.4) is 0 Å². The summed E-state index contributed by atoms with van der Waals surface area (Å²) in [6.45, 7) is 3.19. The first kappa shape index (κ1) is 11.5. The van der Waals surface area contributed by atoms with Gasteiger partial charge in [-0.15, -0.1) is 0 Å². The Bertz CT molecular complexity index is 282. The van der Waals surface area contributed by atoms with Crippen LogP contribution >= 0.6 is 0 Å². The number of rotatable bonds is 2. The largest absolute Gasteiger partial charge is 0.550 e. The second-order valence-electron chi connectivity index (χ2n) is 3.44. The number of carbonyl (C=O) groups excluding carboxylic acids is 3. The number of carboxylic acid groups (broad SMARTS) is 1. The van der Waals surface area contributed by atoms with Crippen molar-refractivity contribution in [1.82, 2.24) is 9.80 Å². The quantitative estimate of drug-likeness (QED) is 0.488. The molecule has 0 bridgehead atoms. The lowest BCUT2D eigenvalue weighted by molar-refractivity contribution is -0.304. The molecule has 0 spiro atoms. The molecule has 0 aliphatic carbocycles. The normalized spacial score (nSPS) is 16.3. The highest BCUT2D eigenvalue weighted by molar-refractivity contribution is 5.92. The van der Waals surface area contributed by atoms with Crippen LogP contribution in [0.5, 0.6) is 0 Å². The molecule has 0 aromatic heterocycles. The van der Waals surface area contributed by atoms with Crippen molar-refractivity contribution in [3.63, 3.8) is 0 Å². The molecule has 2 amide bonds. The third-order valence-corrected chi connectivity index (χ3v) is 2.37. The molecule has 6 heteroatoms. The first-order valence-corrected chi connectivity index (χ1v) is 4.74. The molecule has 0 N–H and O–H groups in total. The van der Waals surface area contributed by atoms with Gasteiger partial charge < -0.3 is 19.7 Å². The van der Waals surface area contributed by atoms with Gasteiger partial charge in [0.05, 0.1) is 12.4 Å². The van der Waals surface area contributed by atoms with Crippen molar-refractivity contribution in [1.29, 1.82) is 0 Å². The first-order valence-electron chi connectivity index (χ1n) is 4.74. The van der Waals surface area contributed by atoms with Gasteiger partial charge in [0.1, 0.15) is 0 Å². The molecule has 0 unspecified atom stereocenters. The third-order valence-electron chi connectivity index (χ3n) is 2.37. The lowest BCUT2D eigenvalue weighted by Crippen LogP contribution is -2.50. The molecule has 1 aliphatic heterocycles. The monoisotopic (exact) mass is 213 g/mol. The molecule has 0 aromatic carbocycles. The fourth-order valence-corrected chi connectivity index (χ4v) is 1.51. The summed E-state index contributed by atoms with van der Waals surface area (Å²) in [5.41, 5.74) is 0. The third kappa shape index (κ3) is 3.23. The first-order chi connectivity index (χ1) is 7.00. The van der Waals surface area contributed by atoms with Gasteiger partial charge in [-0.1, -0.05) is 0 Å². The average Bonchev–Trinajstić information content (AvgIpc) is 2.17. The zero-order valence-electron chi connectivity index (χ0n) is 8.56. The standard InChI is InChI=1S/C9H14N2O4/c1-7(12)10-2-4-11(5-3-10)8(13)6-9(14)15/h2-6H2,1H3,(H,14,15)/p-1. The lowest BCUT2D eigenvalue weighted by atomic mass is 10.3. The minimum Gasteiger partial charge on any atom is -0.550 e. The number of hydrogen-bond acceptors (Lipinski definition) is 4. The van der Waals surface area contributed by atoms with Crippen molar-refractivity contribution < 1.29 is 19.5 Å². The van der Waals surface area contributed by atoms with Crippen molar-refractivity contribution in [2.24, 2.45) is 0 Å². The highest BCUT2D eigenvalue weighted by atomic mass is 16.4. The van der Waals surface area contributed by atoms with Gasteiger partial charge in [0.25, 0.3) is 0 Å². The summed E-state index contributed by atoms with van der Waals surface area (Å²) < 4.78 is 0. The maximum atomic E-state index is 11.3. The Morgan fingerprint density at radius 1 is 1.07 bits per heavy atom. The topological polar surface area (TPSA) is 80.8 Å². The van der Waals surface area contributed by atoms with E-state index >= 15 is 0 Å². The van der Waals surface area contributed by atoms with Crippen molar-refractivity contribution in [2.45, 2.75) is 13.3 Å². The van der Waals surface area contributed by atoms with E-state index in [1.165, 1.54) is 11.8 Å². The van der Waals surface area contributed by atoms with Crippen LogP contribution in [0.25, 0.3) is 0 Å². The van der Waals surface area contributed by atoms with E-state index in [0.717, 1.165) is 0 Å². The second-order valence-corrected chi connectivity index (χ2v) is 3.44. The summed E-state index contributed by atoms with van der Waals surface area (Å²) in [7, 11) is 0. The number of carboxylic acids is 1. The molecule has 1 saturated heterocycles. The van der Waals surface area contributed by atoms with Crippen LogP contribution < -0.4 is 5.11 Å². The van der Waals surface area contributed by atoms with Crippen molar-refractivity contribution >= 4 is 17.8 Å². The number of hydrogen-bond donors (Lipinski definition) is 0. The molecule has 0 aromatic rings. The van der Waals surface area contributed by atoms with Crippen LogP contribution in [-0.2, 0) is 14.4 Å². The summed E-state index contributed by atoms with van der Waals surface area (Å²) in [4.78, 5) is 35.5. The second kappa shape index (κ2) is 4.77. The van der Waals surface area contributed by atoms with Gasteiger partial charge in [-0.25, -0.2) is 0 Å². The average molecular weight is 213 g/mol. The zero-order chi connectivity index (χ0) is 11.4. The number of piperazine rings is 1. The van der Waals surface area contributed by atoms with Crippen molar-refractivity contribution in [3.8, 4) is 0 Å². The van der Waals surface area contributed by atoms with Gasteiger partial charge >= 0.3 is 0 Å². The van der Waals surface area contributed by atoms with E-state index in [-0.39, 0.29) is 5.91 Å². The highest BCUT2D eigenvalue weighted by Gasteiger charge is 2.21. The SMILES string of the molecule is CC(=O)N1CCN(C(=O)CC(=O)[O-])CC1. The Morgan fingerprint density at radius 3 is 1.93 bits per heavy atom. The molecular formula is C9H13N2O4-. The van der Waals surface area contributed by atoms with Gasteiger partial charge in [0, 0.05) is 33.1 Å². The molecule has 1 aliphatic rings. The summed E-state index contributed by atoms with van der Waals surface area (Å²) >= 11 is 0. The predicted octanol–water partition coefficient (Wildman–Crippen LogP) is -2.18. The number of carbonyl (C=O) groups is 3. The van der Waals surface area contributed by atoms with Crippen LogP contribution in [0.1, 0.15) is 13.3 Å². The van der Waals surface area contributed by atoms with Gasteiger partial charge in [-0.05, 0) is 0 Å². The molecule has 84 valence electrons. The number of aliphatic carboxylic acids is 1. The maximum Gasteiger partial charge on any atom is 0.228 e. The molecule has 1 rings (SSSR count). The van der Waals surface area contributed by atoms with Crippen molar-refractivity contribution in [3.05, 3.63) is 0 Å². The molecule has 0 radical (unpaired) electrons. The van der Waals surface area contributed by atoms with Crippen LogP contribution in [0, 0.1) is 0 Å².